The first-order chi connectivity index (χ1) is 8.52. The highest BCUT2D eigenvalue weighted by Crippen LogP contribution is 2.31. The van der Waals surface area contributed by atoms with E-state index in [4.69, 9.17) is 0 Å². The Labute approximate surface area is 111 Å². The van der Waals surface area contributed by atoms with Crippen LogP contribution in [-0.4, -0.2) is 50.1 Å². The molecule has 0 aromatic heterocycles. The van der Waals surface area contributed by atoms with Crippen molar-refractivity contribution in [1.29, 1.82) is 0 Å². The first-order valence-corrected chi connectivity index (χ1v) is 7.21. The first-order valence-electron chi connectivity index (χ1n) is 7.21. The minimum absolute atomic E-state index is 0.148. The Hall–Kier alpha value is -0.610. The van der Waals surface area contributed by atoms with E-state index in [2.05, 4.69) is 43.4 Å². The van der Waals surface area contributed by atoms with E-state index in [1.54, 1.807) is 0 Å². The lowest BCUT2D eigenvalue weighted by molar-refractivity contribution is -0.130. The molecule has 4 nitrogen and oxygen atoms in total. The van der Waals surface area contributed by atoms with Crippen LogP contribution in [0, 0.1) is 5.41 Å². The van der Waals surface area contributed by atoms with Gasteiger partial charge in [-0.25, -0.2) is 0 Å². The highest BCUT2D eigenvalue weighted by molar-refractivity contribution is 5.83. The summed E-state index contributed by atoms with van der Waals surface area (Å²) in [5, 5.41) is 6.44. The molecule has 1 unspecified atom stereocenters. The maximum absolute atomic E-state index is 12.3. The van der Waals surface area contributed by atoms with Crippen LogP contribution in [0.3, 0.4) is 0 Å². The zero-order valence-corrected chi connectivity index (χ0v) is 12.4. The number of nitrogens with one attached hydrogen (secondary N) is 2. The van der Waals surface area contributed by atoms with Crippen LogP contribution in [0.1, 0.15) is 40.0 Å². The van der Waals surface area contributed by atoms with Gasteiger partial charge in [-0.3, -0.25) is 4.79 Å². The molecule has 1 rings (SSSR count). The number of carbonyl (C=O) groups is 1. The van der Waals surface area contributed by atoms with Gasteiger partial charge in [0.1, 0.15) is 0 Å². The van der Waals surface area contributed by atoms with Crippen LogP contribution in [0.15, 0.2) is 0 Å². The first kappa shape index (κ1) is 15.4. The second-order valence-electron chi connectivity index (χ2n) is 5.79. The highest BCUT2D eigenvalue weighted by atomic mass is 16.2. The summed E-state index contributed by atoms with van der Waals surface area (Å²) < 4.78 is 0. The Morgan fingerprint density at radius 3 is 2.72 bits per heavy atom. The molecule has 0 saturated carbocycles. The Bertz CT molecular complexity index is 260. The normalized spacial score (nSPS) is 23.9. The number of carbonyl (C=O) groups excluding carboxylic acids is 1. The molecule has 0 spiro atoms. The molecule has 0 bridgehead atoms. The van der Waals surface area contributed by atoms with Gasteiger partial charge in [-0.1, -0.05) is 13.3 Å². The van der Waals surface area contributed by atoms with Crippen molar-refractivity contribution in [2.75, 3.05) is 33.2 Å². The van der Waals surface area contributed by atoms with Gasteiger partial charge in [0.2, 0.25) is 5.91 Å². The average molecular weight is 255 g/mol. The predicted octanol–water partition coefficient (Wildman–Crippen LogP) is 1.22. The molecule has 0 radical (unpaired) electrons. The van der Waals surface area contributed by atoms with Crippen LogP contribution >= 0.6 is 0 Å². The minimum Gasteiger partial charge on any atom is -0.354 e. The number of nitrogens with zero attached hydrogens (tertiary/aromatic N) is 1. The second kappa shape index (κ2) is 7.10. The fourth-order valence-electron chi connectivity index (χ4n) is 2.53. The van der Waals surface area contributed by atoms with Crippen molar-refractivity contribution >= 4 is 5.91 Å². The van der Waals surface area contributed by atoms with Gasteiger partial charge in [0.15, 0.2) is 0 Å². The third-order valence-electron chi connectivity index (χ3n) is 4.09. The van der Waals surface area contributed by atoms with Gasteiger partial charge in [0, 0.05) is 25.7 Å². The van der Waals surface area contributed by atoms with Crippen molar-refractivity contribution in [1.82, 2.24) is 15.5 Å². The second-order valence-corrected chi connectivity index (χ2v) is 5.79. The van der Waals surface area contributed by atoms with Crippen molar-refractivity contribution in [2.45, 2.75) is 46.1 Å². The fraction of sp³-hybridized carbons (Fsp3) is 0.929. The summed E-state index contributed by atoms with van der Waals surface area (Å²) in [6.07, 6.45) is 3.04. The van der Waals surface area contributed by atoms with Gasteiger partial charge < -0.3 is 15.5 Å². The molecular weight excluding hydrogens is 226 g/mol. The zero-order valence-electron chi connectivity index (χ0n) is 12.4. The zero-order chi connectivity index (χ0) is 13.6. The van der Waals surface area contributed by atoms with Crippen LogP contribution in [0.4, 0.5) is 0 Å². The molecule has 4 heteroatoms. The smallest absolute Gasteiger partial charge is 0.227 e. The number of amides is 1. The van der Waals surface area contributed by atoms with E-state index >= 15 is 0 Å². The van der Waals surface area contributed by atoms with Crippen molar-refractivity contribution in [3.05, 3.63) is 0 Å². The molecular formula is C14H29N3O. The summed E-state index contributed by atoms with van der Waals surface area (Å²) in [7, 11) is 2.09. The SMILES string of the molecule is CCCC1(C(=O)NCCN(C)C(C)C)CCNC1. The van der Waals surface area contributed by atoms with Gasteiger partial charge in [0.25, 0.3) is 0 Å². The van der Waals surface area contributed by atoms with Crippen molar-refractivity contribution in [3.63, 3.8) is 0 Å². The maximum atomic E-state index is 12.3. The third kappa shape index (κ3) is 3.95. The van der Waals surface area contributed by atoms with Crippen LogP contribution in [0.5, 0.6) is 0 Å². The van der Waals surface area contributed by atoms with Crippen LogP contribution in [0.25, 0.3) is 0 Å². The van der Waals surface area contributed by atoms with E-state index < -0.39 is 0 Å². The number of rotatable bonds is 7. The summed E-state index contributed by atoms with van der Waals surface area (Å²) in [5.74, 6) is 0.242. The van der Waals surface area contributed by atoms with Gasteiger partial charge in [0.05, 0.1) is 5.41 Å². The summed E-state index contributed by atoms with van der Waals surface area (Å²) in [6.45, 7) is 9.96. The summed E-state index contributed by atoms with van der Waals surface area (Å²) in [4.78, 5) is 14.6. The minimum atomic E-state index is -0.148. The Balaban J connectivity index is 2.38. The van der Waals surface area contributed by atoms with Gasteiger partial charge in [-0.15, -0.1) is 0 Å². The van der Waals surface area contributed by atoms with E-state index in [1.165, 1.54) is 0 Å². The van der Waals surface area contributed by atoms with E-state index in [-0.39, 0.29) is 11.3 Å². The van der Waals surface area contributed by atoms with E-state index in [0.29, 0.717) is 6.04 Å². The van der Waals surface area contributed by atoms with E-state index in [1.807, 2.05) is 0 Å². The molecule has 1 amide bonds. The standard InChI is InChI=1S/C14H29N3O/c1-5-6-14(7-8-15-11-14)13(18)16-9-10-17(4)12(2)3/h12,15H,5-11H2,1-4H3,(H,16,18). The largest absolute Gasteiger partial charge is 0.354 e. The molecule has 106 valence electrons. The molecule has 2 N–H and O–H groups in total. The van der Waals surface area contributed by atoms with Gasteiger partial charge >= 0.3 is 0 Å². The highest BCUT2D eigenvalue weighted by Gasteiger charge is 2.39. The van der Waals surface area contributed by atoms with Crippen LogP contribution < -0.4 is 10.6 Å². The molecule has 18 heavy (non-hydrogen) atoms. The topological polar surface area (TPSA) is 44.4 Å². The molecule has 0 aliphatic carbocycles. The molecule has 1 heterocycles. The van der Waals surface area contributed by atoms with Crippen LogP contribution in [-0.2, 0) is 4.79 Å². The summed E-state index contributed by atoms with van der Waals surface area (Å²) >= 11 is 0. The lowest BCUT2D eigenvalue weighted by Gasteiger charge is -2.27. The molecule has 1 saturated heterocycles. The molecule has 1 aliphatic heterocycles. The van der Waals surface area contributed by atoms with E-state index in [0.717, 1.165) is 45.4 Å². The number of hydrogen-bond acceptors (Lipinski definition) is 3. The van der Waals surface area contributed by atoms with Crippen molar-refractivity contribution in [3.8, 4) is 0 Å². The maximum Gasteiger partial charge on any atom is 0.227 e. The monoisotopic (exact) mass is 255 g/mol. The number of likely N-dealkylation sites (N-methyl/N-ethyl adjacent to an activating group) is 1. The van der Waals surface area contributed by atoms with E-state index in [9.17, 15) is 4.79 Å². The fourth-order valence-corrected chi connectivity index (χ4v) is 2.53. The molecule has 1 fully saturated rings. The molecule has 0 aromatic carbocycles. The van der Waals surface area contributed by atoms with Crippen molar-refractivity contribution < 1.29 is 4.79 Å². The summed E-state index contributed by atoms with van der Waals surface area (Å²) in [6, 6.07) is 0.527. The summed E-state index contributed by atoms with van der Waals surface area (Å²) in [5.41, 5.74) is -0.148. The van der Waals surface area contributed by atoms with Crippen molar-refractivity contribution in [2.24, 2.45) is 5.41 Å². The molecule has 0 aromatic rings. The lowest BCUT2D eigenvalue weighted by Crippen LogP contribution is -2.45. The third-order valence-corrected chi connectivity index (χ3v) is 4.09. The van der Waals surface area contributed by atoms with Gasteiger partial charge in [-0.2, -0.15) is 0 Å². The Kier molecular flexibility index (Phi) is 6.09. The molecule has 1 aliphatic rings. The number of hydrogen-bond donors (Lipinski definition) is 2. The predicted molar refractivity (Wildman–Crippen MR) is 75.6 cm³/mol. The lowest BCUT2D eigenvalue weighted by atomic mass is 9.81. The van der Waals surface area contributed by atoms with Crippen LogP contribution in [0.2, 0.25) is 0 Å². The van der Waals surface area contributed by atoms with Gasteiger partial charge in [-0.05, 0) is 40.3 Å². The Morgan fingerprint density at radius 1 is 1.50 bits per heavy atom. The average Bonchev–Trinajstić information content (AvgIpc) is 2.79. The Morgan fingerprint density at radius 2 is 2.22 bits per heavy atom. The molecule has 1 atom stereocenters. The quantitative estimate of drug-likeness (QED) is 0.719.